The highest BCUT2D eigenvalue weighted by molar-refractivity contribution is 5.96. The number of hydrogen-bond acceptors (Lipinski definition) is 5. The van der Waals surface area contributed by atoms with E-state index in [2.05, 4.69) is 4.90 Å². The summed E-state index contributed by atoms with van der Waals surface area (Å²) in [6, 6.07) is 14.2. The van der Waals surface area contributed by atoms with Gasteiger partial charge in [0.2, 0.25) is 0 Å². The molecule has 172 valence electrons. The van der Waals surface area contributed by atoms with Crippen molar-refractivity contribution in [2.45, 2.75) is 25.1 Å². The lowest BCUT2D eigenvalue weighted by molar-refractivity contribution is 0.0162. The fraction of sp³-hybridized carbons (Fsp3) is 0.480. The van der Waals surface area contributed by atoms with Crippen molar-refractivity contribution in [2.75, 3.05) is 53.0 Å². The zero-order chi connectivity index (χ0) is 22.6. The van der Waals surface area contributed by atoms with Crippen LogP contribution in [0.25, 0.3) is 0 Å². The molecular formula is C25H32FN3O3. The molecule has 2 aromatic rings. The van der Waals surface area contributed by atoms with Crippen LogP contribution in [0.1, 0.15) is 27.9 Å². The molecule has 2 fully saturated rings. The number of rotatable bonds is 7. The molecule has 0 saturated carbocycles. The van der Waals surface area contributed by atoms with E-state index in [1.807, 2.05) is 36.2 Å². The van der Waals surface area contributed by atoms with Gasteiger partial charge in [0.1, 0.15) is 5.82 Å². The summed E-state index contributed by atoms with van der Waals surface area (Å²) < 4.78 is 18.6. The smallest absolute Gasteiger partial charge is 0.254 e. The van der Waals surface area contributed by atoms with Crippen molar-refractivity contribution < 1.29 is 19.0 Å². The number of amides is 1. The third kappa shape index (κ3) is 5.72. The summed E-state index contributed by atoms with van der Waals surface area (Å²) in [7, 11) is 1.93. The Kier molecular flexibility index (Phi) is 7.20. The van der Waals surface area contributed by atoms with Crippen molar-refractivity contribution in [2.24, 2.45) is 0 Å². The van der Waals surface area contributed by atoms with E-state index in [1.165, 1.54) is 12.1 Å². The van der Waals surface area contributed by atoms with Gasteiger partial charge in [0.05, 0.1) is 25.4 Å². The van der Waals surface area contributed by atoms with E-state index in [0.29, 0.717) is 38.2 Å². The van der Waals surface area contributed by atoms with Gasteiger partial charge in [0.25, 0.3) is 5.91 Å². The Morgan fingerprint density at radius 1 is 1.12 bits per heavy atom. The first kappa shape index (κ1) is 22.9. The lowest BCUT2D eigenvalue weighted by atomic mass is 10.0. The summed E-state index contributed by atoms with van der Waals surface area (Å²) in [6.45, 7) is 5.81. The lowest BCUT2D eigenvalue weighted by Crippen LogP contribution is -2.44. The number of carbonyl (C=O) groups is 1. The molecule has 6 nitrogen and oxygen atoms in total. The van der Waals surface area contributed by atoms with Crippen molar-refractivity contribution in [3.63, 3.8) is 0 Å². The number of carbonyl (C=O) groups excluding carboxylic acids is 1. The first-order chi connectivity index (χ1) is 15.4. The Bertz CT molecular complexity index is 917. The van der Waals surface area contributed by atoms with Crippen molar-refractivity contribution in [1.82, 2.24) is 14.7 Å². The molecular weight excluding hydrogens is 409 g/mol. The van der Waals surface area contributed by atoms with Crippen LogP contribution in [-0.2, 0) is 17.8 Å². The van der Waals surface area contributed by atoms with Gasteiger partial charge in [0, 0.05) is 44.8 Å². The van der Waals surface area contributed by atoms with Crippen LogP contribution >= 0.6 is 0 Å². The topological polar surface area (TPSA) is 56.2 Å². The number of hydrogen-bond donors (Lipinski definition) is 1. The largest absolute Gasteiger partial charge is 0.387 e. The van der Waals surface area contributed by atoms with Crippen molar-refractivity contribution in [1.29, 1.82) is 0 Å². The second-order valence-corrected chi connectivity index (χ2v) is 9.05. The van der Waals surface area contributed by atoms with Gasteiger partial charge < -0.3 is 14.7 Å². The summed E-state index contributed by atoms with van der Waals surface area (Å²) >= 11 is 0. The van der Waals surface area contributed by atoms with Gasteiger partial charge in [-0.3, -0.25) is 14.6 Å². The third-order valence-electron chi connectivity index (χ3n) is 6.29. The molecule has 7 heteroatoms. The van der Waals surface area contributed by atoms with E-state index in [-0.39, 0.29) is 11.7 Å². The van der Waals surface area contributed by atoms with E-state index < -0.39 is 5.60 Å². The number of ether oxygens (including phenoxy) is 1. The summed E-state index contributed by atoms with van der Waals surface area (Å²) in [4.78, 5) is 19.4. The third-order valence-corrected chi connectivity index (χ3v) is 6.29. The van der Waals surface area contributed by atoms with Gasteiger partial charge in [0.15, 0.2) is 0 Å². The van der Waals surface area contributed by atoms with Crippen molar-refractivity contribution in [3.05, 3.63) is 71.0 Å². The number of morpholine rings is 1. The monoisotopic (exact) mass is 441 g/mol. The lowest BCUT2D eigenvalue weighted by Gasteiger charge is -2.29. The SMILES string of the molecule is CN(Cc1ccc(F)cc1)C[C@]1(O)CCN(C(=O)c2ccccc2CN2CCOCC2)C1. The normalized spacial score (nSPS) is 21.9. The Labute approximate surface area is 189 Å². The number of nitrogens with zero attached hydrogens (tertiary/aromatic N) is 3. The number of β-amino-alcohol motifs (C(OH)–C–C–N with tert-alkyl or cyclic N) is 1. The maximum absolute atomic E-state index is 13.3. The Morgan fingerprint density at radius 3 is 2.59 bits per heavy atom. The van der Waals surface area contributed by atoms with E-state index >= 15 is 0 Å². The van der Waals surface area contributed by atoms with Crippen molar-refractivity contribution >= 4 is 5.91 Å². The van der Waals surface area contributed by atoms with Gasteiger partial charge in [-0.05, 0) is 42.8 Å². The van der Waals surface area contributed by atoms with Crippen LogP contribution in [0.4, 0.5) is 4.39 Å². The highest BCUT2D eigenvalue weighted by Gasteiger charge is 2.39. The quantitative estimate of drug-likeness (QED) is 0.715. The second-order valence-electron chi connectivity index (χ2n) is 9.05. The molecule has 32 heavy (non-hydrogen) atoms. The molecule has 1 N–H and O–H groups in total. The number of aliphatic hydroxyl groups is 1. The highest BCUT2D eigenvalue weighted by atomic mass is 19.1. The first-order valence-electron chi connectivity index (χ1n) is 11.2. The van der Waals surface area contributed by atoms with E-state index in [9.17, 15) is 14.3 Å². The van der Waals surface area contributed by atoms with Crippen LogP contribution in [0, 0.1) is 5.82 Å². The maximum Gasteiger partial charge on any atom is 0.254 e. The molecule has 0 aromatic heterocycles. The van der Waals surface area contributed by atoms with Crippen molar-refractivity contribution in [3.8, 4) is 0 Å². The molecule has 2 saturated heterocycles. The maximum atomic E-state index is 13.3. The molecule has 2 heterocycles. The number of benzene rings is 2. The van der Waals surface area contributed by atoms with Gasteiger partial charge >= 0.3 is 0 Å². The minimum Gasteiger partial charge on any atom is -0.387 e. The van der Waals surface area contributed by atoms with E-state index in [4.69, 9.17) is 4.74 Å². The van der Waals surface area contributed by atoms with Gasteiger partial charge in [-0.2, -0.15) is 0 Å². The Morgan fingerprint density at radius 2 is 1.84 bits per heavy atom. The number of likely N-dealkylation sites (tertiary alicyclic amines) is 1. The minimum atomic E-state index is -0.955. The predicted octanol–water partition coefficient (Wildman–Crippen LogP) is 2.37. The highest BCUT2D eigenvalue weighted by Crippen LogP contribution is 2.26. The predicted molar refractivity (Wildman–Crippen MR) is 121 cm³/mol. The van der Waals surface area contributed by atoms with E-state index in [1.54, 1.807) is 17.0 Å². The van der Waals surface area contributed by atoms with Crippen LogP contribution in [0.15, 0.2) is 48.5 Å². The Hall–Kier alpha value is -2.32. The zero-order valence-corrected chi connectivity index (χ0v) is 18.7. The second kappa shape index (κ2) is 10.1. The molecule has 0 unspecified atom stereocenters. The average Bonchev–Trinajstić information content (AvgIpc) is 3.17. The summed E-state index contributed by atoms with van der Waals surface area (Å²) in [6.07, 6.45) is 0.540. The fourth-order valence-electron chi connectivity index (χ4n) is 4.66. The van der Waals surface area contributed by atoms with E-state index in [0.717, 1.165) is 44.0 Å². The molecule has 0 bridgehead atoms. The molecule has 2 aliphatic rings. The molecule has 2 aliphatic heterocycles. The fourth-order valence-corrected chi connectivity index (χ4v) is 4.66. The summed E-state index contributed by atoms with van der Waals surface area (Å²) in [5.74, 6) is -0.278. The molecule has 0 radical (unpaired) electrons. The molecule has 4 rings (SSSR count). The molecule has 1 atom stereocenters. The van der Waals surface area contributed by atoms with Crippen LogP contribution in [-0.4, -0.2) is 84.3 Å². The van der Waals surface area contributed by atoms with Crippen LogP contribution in [0.5, 0.6) is 0 Å². The van der Waals surface area contributed by atoms with Gasteiger partial charge in [-0.1, -0.05) is 30.3 Å². The summed E-state index contributed by atoms with van der Waals surface area (Å²) in [5.41, 5.74) is 1.76. The Balaban J connectivity index is 1.37. The number of halogens is 1. The van der Waals surface area contributed by atoms with Gasteiger partial charge in [-0.15, -0.1) is 0 Å². The minimum absolute atomic E-state index is 0.0222. The molecule has 0 spiro atoms. The average molecular weight is 442 g/mol. The molecule has 2 aromatic carbocycles. The molecule has 0 aliphatic carbocycles. The molecule has 1 amide bonds. The van der Waals surface area contributed by atoms with Crippen LogP contribution in [0.2, 0.25) is 0 Å². The van der Waals surface area contributed by atoms with Gasteiger partial charge in [-0.25, -0.2) is 4.39 Å². The first-order valence-corrected chi connectivity index (χ1v) is 11.2. The number of likely N-dealkylation sites (N-methyl/N-ethyl adjacent to an activating group) is 1. The zero-order valence-electron chi connectivity index (χ0n) is 18.7. The van der Waals surface area contributed by atoms with Crippen LogP contribution < -0.4 is 0 Å². The van der Waals surface area contributed by atoms with Crippen LogP contribution in [0.3, 0.4) is 0 Å². The summed E-state index contributed by atoms with van der Waals surface area (Å²) in [5, 5.41) is 11.2. The standard InChI is InChI=1S/C25H32FN3O3/c1-27(16-20-6-8-22(26)9-7-20)18-25(31)10-11-29(19-25)24(30)23-5-3-2-4-21(23)17-28-12-14-32-15-13-28/h2-9,31H,10-19H2,1H3/t25-/m1/s1.